The molecule has 0 radical (unpaired) electrons. The summed E-state index contributed by atoms with van der Waals surface area (Å²) in [4.78, 5) is 12.4. The molecule has 0 heterocycles. The lowest BCUT2D eigenvalue weighted by Crippen LogP contribution is -2.16. The second-order valence-electron chi connectivity index (χ2n) is 4.70. The molecule has 104 valence electrons. The molecule has 0 saturated heterocycles. The number of hydrogen-bond donors (Lipinski definition) is 2. The Morgan fingerprint density at radius 3 is 2.60 bits per heavy atom. The molecular weight excluding hydrogens is 252 g/mol. The van der Waals surface area contributed by atoms with Crippen LogP contribution >= 0.6 is 0 Å². The van der Waals surface area contributed by atoms with Crippen molar-refractivity contribution in [1.29, 1.82) is 0 Å². The Morgan fingerprint density at radius 2 is 1.95 bits per heavy atom. The minimum Gasteiger partial charge on any atom is -0.495 e. The Balaban J connectivity index is 2.33. The summed E-state index contributed by atoms with van der Waals surface area (Å²) in [6.07, 6.45) is 0. The maximum absolute atomic E-state index is 12.4. The van der Waals surface area contributed by atoms with Crippen LogP contribution in [0.15, 0.2) is 36.4 Å². The summed E-state index contributed by atoms with van der Waals surface area (Å²) in [5.74, 6) is 0.397. The Morgan fingerprint density at radius 1 is 1.20 bits per heavy atom. The van der Waals surface area contributed by atoms with E-state index in [9.17, 15) is 4.79 Å². The molecule has 2 aromatic carbocycles. The maximum atomic E-state index is 12.4. The van der Waals surface area contributed by atoms with Gasteiger partial charge in [0.2, 0.25) is 0 Å². The third-order valence-corrected chi connectivity index (χ3v) is 3.14. The quantitative estimate of drug-likeness (QED) is 0.842. The number of benzene rings is 2. The lowest BCUT2D eigenvalue weighted by Gasteiger charge is -2.13. The maximum Gasteiger partial charge on any atom is 0.258 e. The van der Waals surface area contributed by atoms with Crippen LogP contribution in [0.4, 0.5) is 11.4 Å². The first-order chi connectivity index (χ1) is 9.52. The van der Waals surface area contributed by atoms with Crippen LogP contribution in [0.1, 0.15) is 21.5 Å². The normalized spacial score (nSPS) is 10.2. The number of nitrogens with one attached hydrogen (secondary N) is 1. The molecule has 20 heavy (non-hydrogen) atoms. The second-order valence-corrected chi connectivity index (χ2v) is 4.70. The van der Waals surface area contributed by atoms with Crippen LogP contribution in [0.2, 0.25) is 0 Å². The third kappa shape index (κ3) is 2.74. The lowest BCUT2D eigenvalue weighted by atomic mass is 10.1. The van der Waals surface area contributed by atoms with E-state index in [1.807, 2.05) is 44.2 Å². The van der Waals surface area contributed by atoms with Crippen LogP contribution in [0.5, 0.6) is 5.75 Å². The molecule has 0 aromatic heterocycles. The molecule has 0 unspecified atom stereocenters. The van der Waals surface area contributed by atoms with E-state index in [0.29, 0.717) is 22.7 Å². The van der Waals surface area contributed by atoms with E-state index >= 15 is 0 Å². The van der Waals surface area contributed by atoms with Crippen LogP contribution in [-0.2, 0) is 0 Å². The SMILES string of the molecule is COc1cc(C)ccc1NC(=O)c1c(C)cccc1N. The van der Waals surface area contributed by atoms with Gasteiger partial charge in [0.25, 0.3) is 5.91 Å². The molecule has 4 heteroatoms. The van der Waals surface area contributed by atoms with E-state index in [0.717, 1.165) is 11.1 Å². The van der Waals surface area contributed by atoms with Crippen LogP contribution in [0.3, 0.4) is 0 Å². The van der Waals surface area contributed by atoms with Crippen molar-refractivity contribution in [3.63, 3.8) is 0 Å². The van der Waals surface area contributed by atoms with E-state index in [4.69, 9.17) is 10.5 Å². The summed E-state index contributed by atoms with van der Waals surface area (Å²) in [6.45, 7) is 3.82. The molecule has 0 saturated carbocycles. The van der Waals surface area contributed by atoms with Crippen molar-refractivity contribution in [2.75, 3.05) is 18.2 Å². The minimum absolute atomic E-state index is 0.234. The molecule has 0 atom stereocenters. The van der Waals surface area contributed by atoms with Crippen molar-refractivity contribution in [2.45, 2.75) is 13.8 Å². The molecule has 1 amide bonds. The van der Waals surface area contributed by atoms with Gasteiger partial charge in [-0.1, -0.05) is 18.2 Å². The zero-order valence-electron chi connectivity index (χ0n) is 11.9. The zero-order valence-corrected chi connectivity index (χ0v) is 11.9. The predicted molar refractivity (Wildman–Crippen MR) is 81.3 cm³/mol. The van der Waals surface area contributed by atoms with Gasteiger partial charge in [0.15, 0.2) is 0 Å². The third-order valence-electron chi connectivity index (χ3n) is 3.14. The number of hydrogen-bond acceptors (Lipinski definition) is 3. The Hall–Kier alpha value is -2.49. The number of carbonyl (C=O) groups excluding carboxylic acids is 1. The average molecular weight is 270 g/mol. The standard InChI is InChI=1S/C16H18N2O2/c1-10-7-8-13(14(9-10)20-3)18-16(19)15-11(2)5-4-6-12(15)17/h4-9H,17H2,1-3H3,(H,18,19). The van der Waals surface area contributed by atoms with Crippen molar-refractivity contribution >= 4 is 17.3 Å². The lowest BCUT2D eigenvalue weighted by molar-refractivity contribution is 0.102. The number of aryl methyl sites for hydroxylation is 2. The van der Waals surface area contributed by atoms with Gasteiger partial charge in [-0.15, -0.1) is 0 Å². The van der Waals surface area contributed by atoms with Crippen molar-refractivity contribution in [2.24, 2.45) is 0 Å². The number of nitrogens with two attached hydrogens (primary N) is 1. The topological polar surface area (TPSA) is 64.3 Å². The van der Waals surface area contributed by atoms with Gasteiger partial charge in [0, 0.05) is 5.69 Å². The van der Waals surface area contributed by atoms with Gasteiger partial charge in [-0.3, -0.25) is 4.79 Å². The highest BCUT2D eigenvalue weighted by molar-refractivity contribution is 6.09. The highest BCUT2D eigenvalue weighted by Gasteiger charge is 2.14. The number of amides is 1. The number of nitrogen functional groups attached to an aromatic ring is 1. The number of anilines is 2. The fourth-order valence-corrected chi connectivity index (χ4v) is 2.09. The van der Waals surface area contributed by atoms with Gasteiger partial charge in [-0.2, -0.15) is 0 Å². The molecule has 0 fully saturated rings. The van der Waals surface area contributed by atoms with Crippen molar-refractivity contribution < 1.29 is 9.53 Å². The molecule has 3 N–H and O–H groups in total. The summed E-state index contributed by atoms with van der Waals surface area (Å²) < 4.78 is 5.28. The molecule has 0 spiro atoms. The summed E-state index contributed by atoms with van der Waals surface area (Å²) in [5, 5.41) is 2.84. The fraction of sp³-hybridized carbons (Fsp3) is 0.188. The largest absolute Gasteiger partial charge is 0.495 e. The van der Waals surface area contributed by atoms with Crippen LogP contribution < -0.4 is 15.8 Å². The smallest absolute Gasteiger partial charge is 0.258 e. The van der Waals surface area contributed by atoms with Gasteiger partial charge in [-0.05, 0) is 43.2 Å². The molecule has 0 aliphatic rings. The van der Waals surface area contributed by atoms with Crippen molar-refractivity contribution in [3.05, 3.63) is 53.1 Å². The summed E-state index contributed by atoms with van der Waals surface area (Å²) in [7, 11) is 1.58. The van der Waals surface area contributed by atoms with Gasteiger partial charge in [0.1, 0.15) is 5.75 Å². The fourth-order valence-electron chi connectivity index (χ4n) is 2.09. The zero-order chi connectivity index (χ0) is 14.7. The van der Waals surface area contributed by atoms with E-state index in [1.165, 1.54) is 0 Å². The monoisotopic (exact) mass is 270 g/mol. The highest BCUT2D eigenvalue weighted by atomic mass is 16.5. The van der Waals surface area contributed by atoms with E-state index in [2.05, 4.69) is 5.32 Å². The second kappa shape index (κ2) is 5.65. The summed E-state index contributed by atoms with van der Waals surface area (Å²) in [6, 6.07) is 11.0. The van der Waals surface area contributed by atoms with E-state index < -0.39 is 0 Å². The van der Waals surface area contributed by atoms with Crippen molar-refractivity contribution in [3.8, 4) is 5.75 Å². The van der Waals surface area contributed by atoms with Gasteiger partial charge < -0.3 is 15.8 Å². The van der Waals surface area contributed by atoms with Crippen LogP contribution in [0, 0.1) is 13.8 Å². The first-order valence-electron chi connectivity index (χ1n) is 6.34. The van der Waals surface area contributed by atoms with E-state index in [1.54, 1.807) is 13.2 Å². The summed E-state index contributed by atoms with van der Waals surface area (Å²) >= 11 is 0. The van der Waals surface area contributed by atoms with Gasteiger partial charge in [0.05, 0.1) is 18.4 Å². The molecule has 0 bridgehead atoms. The molecular formula is C16H18N2O2. The first kappa shape index (κ1) is 13.9. The first-order valence-corrected chi connectivity index (χ1v) is 6.34. The van der Waals surface area contributed by atoms with Crippen LogP contribution in [0.25, 0.3) is 0 Å². The Kier molecular flexibility index (Phi) is 3.94. The molecule has 4 nitrogen and oxygen atoms in total. The van der Waals surface area contributed by atoms with Gasteiger partial charge in [-0.25, -0.2) is 0 Å². The number of methoxy groups -OCH3 is 1. The summed E-state index contributed by atoms with van der Waals surface area (Å²) in [5.41, 5.74) is 9.38. The Bertz CT molecular complexity index is 631. The van der Waals surface area contributed by atoms with E-state index in [-0.39, 0.29) is 5.91 Å². The average Bonchev–Trinajstić information content (AvgIpc) is 2.40. The highest BCUT2D eigenvalue weighted by Crippen LogP contribution is 2.27. The number of carbonyl (C=O) groups is 1. The number of ether oxygens (including phenoxy) is 1. The predicted octanol–water partition coefficient (Wildman–Crippen LogP) is 3.15. The number of rotatable bonds is 3. The molecule has 0 aliphatic heterocycles. The molecule has 0 aliphatic carbocycles. The van der Waals surface area contributed by atoms with Crippen LogP contribution in [-0.4, -0.2) is 13.0 Å². The van der Waals surface area contributed by atoms with Crippen molar-refractivity contribution in [1.82, 2.24) is 0 Å². The molecule has 2 rings (SSSR count). The molecule has 2 aromatic rings. The van der Waals surface area contributed by atoms with Gasteiger partial charge >= 0.3 is 0 Å². The Labute approximate surface area is 118 Å². The minimum atomic E-state index is -0.234.